The fraction of sp³-hybridized carbons (Fsp3) is 0.743. The summed E-state index contributed by atoms with van der Waals surface area (Å²) in [5.74, 6) is 1.49. The van der Waals surface area contributed by atoms with Gasteiger partial charge in [-0.2, -0.15) is 0 Å². The summed E-state index contributed by atoms with van der Waals surface area (Å²) < 4.78 is 0. The van der Waals surface area contributed by atoms with Crippen molar-refractivity contribution in [2.24, 2.45) is 23.7 Å². The van der Waals surface area contributed by atoms with Gasteiger partial charge in [-0.25, -0.2) is 0 Å². The number of Topliss-reactive ketones (excluding diaryl/α,β-unsaturated/α-hetero) is 3. The molecule has 0 amide bonds. The lowest BCUT2D eigenvalue weighted by molar-refractivity contribution is -0.129. The van der Waals surface area contributed by atoms with Crippen LogP contribution in [0.25, 0.3) is 0 Å². The molecular formula is C35H60O3. The highest BCUT2D eigenvalue weighted by Gasteiger charge is 2.33. The molecule has 0 saturated heterocycles. The Balaban J connectivity index is 0.00000208. The Morgan fingerprint density at radius 1 is 0.921 bits per heavy atom. The number of hydrogen-bond donors (Lipinski definition) is 0. The van der Waals surface area contributed by atoms with Crippen molar-refractivity contribution in [1.82, 2.24) is 0 Å². The molecule has 1 aromatic rings. The Kier molecular flexibility index (Phi) is 19.2. The predicted molar refractivity (Wildman–Crippen MR) is 164 cm³/mol. The van der Waals surface area contributed by atoms with Crippen LogP contribution in [0.1, 0.15) is 154 Å². The second-order valence-electron chi connectivity index (χ2n) is 11.7. The molecule has 0 aliphatic heterocycles. The monoisotopic (exact) mass is 528 g/mol. The molecule has 0 saturated carbocycles. The average Bonchev–Trinajstić information content (AvgIpc) is 2.84. The molecule has 0 spiro atoms. The number of aryl methyl sites for hydroxylation is 1. The van der Waals surface area contributed by atoms with E-state index in [1.807, 2.05) is 0 Å². The lowest BCUT2D eigenvalue weighted by Crippen LogP contribution is -2.30. The van der Waals surface area contributed by atoms with Crippen LogP contribution in [0.5, 0.6) is 0 Å². The topological polar surface area (TPSA) is 51.2 Å². The molecule has 38 heavy (non-hydrogen) atoms. The number of carbonyl (C=O) groups is 3. The Morgan fingerprint density at radius 2 is 1.53 bits per heavy atom. The van der Waals surface area contributed by atoms with Crippen molar-refractivity contribution in [1.29, 1.82) is 0 Å². The molecule has 3 heteroatoms. The molecule has 0 aromatic heterocycles. The molecular weight excluding hydrogens is 468 g/mol. The van der Waals surface area contributed by atoms with Gasteiger partial charge in [0.2, 0.25) is 0 Å². The highest BCUT2D eigenvalue weighted by atomic mass is 16.1. The van der Waals surface area contributed by atoms with E-state index in [4.69, 9.17) is 0 Å². The van der Waals surface area contributed by atoms with Crippen molar-refractivity contribution < 1.29 is 14.4 Å². The van der Waals surface area contributed by atoms with Crippen LogP contribution in [-0.2, 0) is 22.4 Å². The molecule has 3 nitrogen and oxygen atoms in total. The molecule has 0 N–H and O–H groups in total. The van der Waals surface area contributed by atoms with E-state index in [1.54, 1.807) is 0 Å². The van der Waals surface area contributed by atoms with Gasteiger partial charge in [-0.05, 0) is 80.4 Å². The van der Waals surface area contributed by atoms with E-state index in [0.29, 0.717) is 12.3 Å². The molecule has 1 aliphatic carbocycles. The zero-order chi connectivity index (χ0) is 29.3. The van der Waals surface area contributed by atoms with Gasteiger partial charge in [0, 0.05) is 17.9 Å². The van der Waals surface area contributed by atoms with E-state index < -0.39 is 0 Å². The first kappa shape index (κ1) is 36.2. The van der Waals surface area contributed by atoms with Gasteiger partial charge >= 0.3 is 0 Å². The highest BCUT2D eigenvalue weighted by Crippen LogP contribution is 2.37. The van der Waals surface area contributed by atoms with Crippen molar-refractivity contribution in [2.45, 2.75) is 146 Å². The van der Waals surface area contributed by atoms with Crippen LogP contribution >= 0.6 is 0 Å². The molecule has 0 radical (unpaired) electrons. The van der Waals surface area contributed by atoms with Crippen molar-refractivity contribution in [3.05, 3.63) is 34.4 Å². The summed E-state index contributed by atoms with van der Waals surface area (Å²) in [7, 11) is 0. The molecule has 0 heterocycles. The van der Waals surface area contributed by atoms with Gasteiger partial charge in [0.15, 0.2) is 5.78 Å². The zero-order valence-corrected chi connectivity index (χ0v) is 26.7. The molecule has 1 aliphatic rings. The second-order valence-corrected chi connectivity index (χ2v) is 11.7. The third-order valence-corrected chi connectivity index (χ3v) is 7.67. The maximum Gasteiger partial charge on any atom is 0.163 e. The van der Waals surface area contributed by atoms with E-state index >= 15 is 0 Å². The summed E-state index contributed by atoms with van der Waals surface area (Å²) in [6, 6.07) is 4.42. The number of hydrogen-bond acceptors (Lipinski definition) is 3. The third kappa shape index (κ3) is 12.4. The lowest BCUT2D eigenvalue weighted by atomic mass is 9.71. The highest BCUT2D eigenvalue weighted by molar-refractivity contribution is 6.00. The van der Waals surface area contributed by atoms with Crippen LogP contribution in [0.2, 0.25) is 0 Å². The molecule has 0 fully saturated rings. The summed E-state index contributed by atoms with van der Waals surface area (Å²) in [5.41, 5.74) is 4.66. The van der Waals surface area contributed by atoms with Gasteiger partial charge < -0.3 is 0 Å². The van der Waals surface area contributed by atoms with E-state index in [1.165, 1.54) is 49.3 Å². The Labute approximate surface area is 236 Å². The fourth-order valence-corrected chi connectivity index (χ4v) is 5.64. The molecule has 2 rings (SSSR count). The molecule has 0 bridgehead atoms. The minimum atomic E-state index is -0.0694. The van der Waals surface area contributed by atoms with Crippen LogP contribution in [0.15, 0.2) is 12.1 Å². The van der Waals surface area contributed by atoms with Crippen LogP contribution in [-0.4, -0.2) is 17.3 Å². The Morgan fingerprint density at radius 3 is 2.03 bits per heavy atom. The number of fused-ring (bicyclic) bond motifs is 1. The summed E-state index contributed by atoms with van der Waals surface area (Å²) in [5, 5.41) is 0. The van der Waals surface area contributed by atoms with E-state index in [2.05, 4.69) is 74.4 Å². The van der Waals surface area contributed by atoms with Crippen LogP contribution in [0, 0.1) is 30.6 Å². The van der Waals surface area contributed by atoms with Crippen molar-refractivity contribution in [3.63, 3.8) is 0 Å². The Bertz CT molecular complexity index is 836. The van der Waals surface area contributed by atoms with E-state index in [9.17, 15) is 14.4 Å². The smallest absolute Gasteiger partial charge is 0.163 e. The first-order chi connectivity index (χ1) is 18.0. The van der Waals surface area contributed by atoms with Crippen molar-refractivity contribution in [2.75, 3.05) is 0 Å². The number of ketones is 3. The van der Waals surface area contributed by atoms with Crippen molar-refractivity contribution in [3.8, 4) is 0 Å². The number of rotatable bonds is 13. The molecule has 4 unspecified atom stereocenters. The largest absolute Gasteiger partial charge is 0.300 e. The minimum Gasteiger partial charge on any atom is -0.300 e. The van der Waals surface area contributed by atoms with Crippen molar-refractivity contribution >= 4 is 17.3 Å². The zero-order valence-electron chi connectivity index (χ0n) is 26.7. The summed E-state index contributed by atoms with van der Waals surface area (Å²) in [4.78, 5) is 37.5. The second kappa shape index (κ2) is 20.2. The average molecular weight is 529 g/mol. The normalized spacial score (nSPS) is 16.7. The summed E-state index contributed by atoms with van der Waals surface area (Å²) in [6.45, 7) is 20.8. The van der Waals surface area contributed by atoms with Gasteiger partial charge in [0.1, 0.15) is 11.6 Å². The van der Waals surface area contributed by atoms with Crippen LogP contribution in [0.4, 0.5) is 0 Å². The minimum absolute atomic E-state index is 0.0454. The molecule has 218 valence electrons. The standard InChI is InChI=1S/C29H44O3.2C3H8/c1-7-10-24(26(9-3)27(31)15-20(5)30)16-22-17-25-14-13-23(12-11-19(4)8-2)21(6)29(25)28(32)18-22;2*1-3-2/h13-14,19,22,24,26H,7-12,15-18H2,1-6H3;2*3H2,1-2H3. The summed E-state index contributed by atoms with van der Waals surface area (Å²) >= 11 is 0. The third-order valence-electron chi connectivity index (χ3n) is 7.67. The summed E-state index contributed by atoms with van der Waals surface area (Å²) in [6.07, 6.45) is 11.1. The van der Waals surface area contributed by atoms with Gasteiger partial charge in [0.05, 0.1) is 6.42 Å². The van der Waals surface area contributed by atoms with E-state index in [0.717, 1.165) is 44.1 Å². The van der Waals surface area contributed by atoms with E-state index in [-0.39, 0.29) is 41.5 Å². The maximum absolute atomic E-state index is 13.2. The van der Waals surface area contributed by atoms with Crippen LogP contribution in [0.3, 0.4) is 0 Å². The SMILES string of the molecule is CCC.CCC.CCCC(CC1CC(=O)c2c(ccc(CCC(C)CC)c2C)C1)C(CC)C(=O)CC(C)=O. The maximum atomic E-state index is 13.2. The quantitative estimate of drug-likeness (QED) is 0.239. The number of benzene rings is 1. The van der Waals surface area contributed by atoms with Gasteiger partial charge in [-0.3, -0.25) is 14.4 Å². The van der Waals surface area contributed by atoms with Crippen LogP contribution < -0.4 is 0 Å². The van der Waals surface area contributed by atoms with Gasteiger partial charge in [0.25, 0.3) is 0 Å². The first-order valence-electron chi connectivity index (χ1n) is 15.7. The number of carbonyl (C=O) groups excluding carboxylic acids is 3. The Hall–Kier alpha value is -1.77. The van der Waals surface area contributed by atoms with Gasteiger partial charge in [-0.1, -0.05) is 99.6 Å². The predicted octanol–water partition coefficient (Wildman–Crippen LogP) is 9.93. The van der Waals surface area contributed by atoms with Gasteiger partial charge in [-0.15, -0.1) is 0 Å². The molecule has 4 atom stereocenters. The molecule has 1 aromatic carbocycles. The lowest BCUT2D eigenvalue weighted by Gasteiger charge is -2.32. The first-order valence-corrected chi connectivity index (χ1v) is 15.7. The fourth-order valence-electron chi connectivity index (χ4n) is 5.64.